The van der Waals surface area contributed by atoms with Gasteiger partial charge in [0, 0.05) is 35.5 Å². The molecule has 16 heavy (non-hydrogen) atoms. The van der Waals surface area contributed by atoms with Gasteiger partial charge in [-0.1, -0.05) is 11.3 Å². The first-order valence-corrected chi connectivity index (χ1v) is 7.89. The molecule has 0 amide bonds. The highest BCUT2D eigenvalue weighted by Crippen LogP contribution is 2.36. The van der Waals surface area contributed by atoms with Gasteiger partial charge in [0.05, 0.1) is 5.69 Å². The minimum atomic E-state index is 0.245. The number of fused-ring (bicyclic) bond motifs is 1. The van der Waals surface area contributed by atoms with Gasteiger partial charge in [0.15, 0.2) is 5.13 Å². The van der Waals surface area contributed by atoms with Crippen LogP contribution in [0.15, 0.2) is 0 Å². The molecular weight excluding hydrogens is 238 g/mol. The number of hydrogen-bond acceptors (Lipinski definition) is 5. The largest absolute Gasteiger partial charge is 0.346 e. The first kappa shape index (κ1) is 10.9. The molecule has 0 radical (unpaired) electrons. The fourth-order valence-corrected chi connectivity index (χ4v) is 4.43. The predicted octanol–water partition coefficient (Wildman–Crippen LogP) is 2.03. The van der Waals surface area contributed by atoms with Crippen LogP contribution in [0.4, 0.5) is 5.13 Å². The maximum atomic E-state index is 6.14. The molecule has 2 N–H and O–H groups in total. The molecule has 2 aliphatic rings. The molecule has 1 aliphatic heterocycles. The minimum Gasteiger partial charge on any atom is -0.346 e. The van der Waals surface area contributed by atoms with Gasteiger partial charge in [-0.05, 0) is 19.3 Å². The Balaban J connectivity index is 1.85. The predicted molar refractivity (Wildman–Crippen MR) is 71.5 cm³/mol. The van der Waals surface area contributed by atoms with Crippen molar-refractivity contribution in [1.82, 2.24) is 4.98 Å². The molecule has 1 unspecified atom stereocenters. The maximum absolute atomic E-state index is 6.14. The molecule has 2 heterocycles. The van der Waals surface area contributed by atoms with Gasteiger partial charge in [-0.25, -0.2) is 4.98 Å². The van der Waals surface area contributed by atoms with Gasteiger partial charge in [-0.2, -0.15) is 11.8 Å². The summed E-state index contributed by atoms with van der Waals surface area (Å²) in [5, 5.41) is 1.21. The van der Waals surface area contributed by atoms with Crippen LogP contribution < -0.4 is 10.6 Å². The number of thiazole rings is 1. The average molecular weight is 255 g/mol. The second-order valence-electron chi connectivity index (χ2n) is 4.41. The summed E-state index contributed by atoms with van der Waals surface area (Å²) in [6, 6.07) is 0.245. The van der Waals surface area contributed by atoms with Crippen LogP contribution in [0.25, 0.3) is 0 Å². The molecule has 0 spiro atoms. The number of anilines is 1. The standard InChI is InChI=1S/C11H17N3S2/c12-8-2-1-3-9-10(8)16-11(13-9)14-4-6-15-7-5-14/h8H,1-7,12H2. The molecular formula is C11H17N3S2. The van der Waals surface area contributed by atoms with Crippen LogP contribution >= 0.6 is 23.1 Å². The van der Waals surface area contributed by atoms with Crippen molar-refractivity contribution in [2.75, 3.05) is 29.5 Å². The molecule has 0 aromatic carbocycles. The Bertz CT molecular complexity index is 371. The Hall–Kier alpha value is -0.260. The summed E-state index contributed by atoms with van der Waals surface area (Å²) in [4.78, 5) is 8.55. The second-order valence-corrected chi connectivity index (χ2v) is 6.64. The first-order valence-electron chi connectivity index (χ1n) is 5.92. The van der Waals surface area contributed by atoms with E-state index in [1.807, 2.05) is 23.1 Å². The van der Waals surface area contributed by atoms with E-state index in [9.17, 15) is 0 Å². The molecule has 3 nitrogen and oxygen atoms in total. The normalized spacial score (nSPS) is 25.6. The molecule has 1 fully saturated rings. The topological polar surface area (TPSA) is 42.1 Å². The number of hydrogen-bond donors (Lipinski definition) is 1. The molecule has 5 heteroatoms. The van der Waals surface area contributed by atoms with Crippen LogP contribution in [0.1, 0.15) is 29.5 Å². The van der Waals surface area contributed by atoms with Crippen molar-refractivity contribution in [2.45, 2.75) is 25.3 Å². The second kappa shape index (κ2) is 4.55. The van der Waals surface area contributed by atoms with Gasteiger partial charge in [-0.3, -0.25) is 0 Å². The lowest BCUT2D eigenvalue weighted by Gasteiger charge is -2.25. The van der Waals surface area contributed by atoms with Crippen molar-refractivity contribution < 1.29 is 0 Å². The first-order chi connectivity index (χ1) is 7.84. The fraction of sp³-hybridized carbons (Fsp3) is 0.727. The Labute approximate surface area is 104 Å². The van der Waals surface area contributed by atoms with Crippen molar-refractivity contribution in [2.24, 2.45) is 5.73 Å². The summed E-state index contributed by atoms with van der Waals surface area (Å²) < 4.78 is 0. The zero-order chi connectivity index (χ0) is 11.0. The lowest BCUT2D eigenvalue weighted by Crippen LogP contribution is -2.32. The van der Waals surface area contributed by atoms with Gasteiger partial charge in [0.2, 0.25) is 0 Å². The lowest BCUT2D eigenvalue weighted by atomic mass is 9.99. The SMILES string of the molecule is NC1CCCc2nc(N3CCSCC3)sc21. The number of thioether (sulfide) groups is 1. The number of rotatable bonds is 1. The zero-order valence-corrected chi connectivity index (χ0v) is 10.9. The Kier molecular flexibility index (Phi) is 3.09. The Morgan fingerprint density at radius 3 is 2.88 bits per heavy atom. The Morgan fingerprint density at radius 1 is 1.31 bits per heavy atom. The van der Waals surface area contributed by atoms with Crippen molar-refractivity contribution in [3.63, 3.8) is 0 Å². The van der Waals surface area contributed by atoms with Gasteiger partial charge in [0.1, 0.15) is 0 Å². The van der Waals surface area contributed by atoms with E-state index in [1.54, 1.807) is 0 Å². The summed E-state index contributed by atoms with van der Waals surface area (Å²) in [5.41, 5.74) is 7.41. The number of nitrogens with two attached hydrogens (primary N) is 1. The maximum Gasteiger partial charge on any atom is 0.185 e. The summed E-state index contributed by atoms with van der Waals surface area (Å²) in [5.74, 6) is 2.46. The van der Waals surface area contributed by atoms with Gasteiger partial charge >= 0.3 is 0 Å². The van der Waals surface area contributed by atoms with Gasteiger partial charge in [0.25, 0.3) is 0 Å². The summed E-state index contributed by atoms with van der Waals surface area (Å²) in [7, 11) is 0. The monoisotopic (exact) mass is 255 g/mol. The van der Waals surface area contributed by atoms with Crippen molar-refractivity contribution >= 4 is 28.2 Å². The van der Waals surface area contributed by atoms with Crippen LogP contribution in [-0.2, 0) is 6.42 Å². The summed E-state index contributed by atoms with van der Waals surface area (Å²) >= 11 is 3.87. The smallest absolute Gasteiger partial charge is 0.185 e. The molecule has 88 valence electrons. The average Bonchev–Trinajstić information content (AvgIpc) is 2.76. The van der Waals surface area contributed by atoms with Crippen LogP contribution in [0, 0.1) is 0 Å². The van der Waals surface area contributed by atoms with Crippen LogP contribution in [-0.4, -0.2) is 29.6 Å². The molecule has 1 atom stereocenters. The van der Waals surface area contributed by atoms with Gasteiger partial charge < -0.3 is 10.6 Å². The lowest BCUT2D eigenvalue weighted by molar-refractivity contribution is 0.573. The zero-order valence-electron chi connectivity index (χ0n) is 9.32. The third-order valence-electron chi connectivity index (χ3n) is 3.26. The van der Waals surface area contributed by atoms with Crippen LogP contribution in [0.5, 0.6) is 0 Å². The van der Waals surface area contributed by atoms with Gasteiger partial charge in [-0.15, -0.1) is 0 Å². The number of aromatic nitrogens is 1. The summed E-state index contributed by atoms with van der Waals surface area (Å²) in [6.45, 7) is 2.29. The van der Waals surface area contributed by atoms with Crippen LogP contribution in [0.2, 0.25) is 0 Å². The Morgan fingerprint density at radius 2 is 2.12 bits per heavy atom. The highest BCUT2D eigenvalue weighted by molar-refractivity contribution is 7.99. The minimum absolute atomic E-state index is 0.245. The van der Waals surface area contributed by atoms with E-state index in [4.69, 9.17) is 10.7 Å². The molecule has 0 saturated carbocycles. The van der Waals surface area contributed by atoms with E-state index >= 15 is 0 Å². The molecule has 1 saturated heterocycles. The number of aryl methyl sites for hydroxylation is 1. The molecule has 1 aliphatic carbocycles. The third-order valence-corrected chi connectivity index (χ3v) is 5.50. The van der Waals surface area contributed by atoms with E-state index in [0.29, 0.717) is 0 Å². The van der Waals surface area contributed by atoms with E-state index in [0.717, 1.165) is 25.9 Å². The van der Waals surface area contributed by atoms with E-state index in [-0.39, 0.29) is 6.04 Å². The molecule has 1 aromatic rings. The van der Waals surface area contributed by atoms with E-state index < -0.39 is 0 Å². The molecule has 0 bridgehead atoms. The van der Waals surface area contributed by atoms with E-state index in [2.05, 4.69) is 4.90 Å². The highest BCUT2D eigenvalue weighted by atomic mass is 32.2. The van der Waals surface area contributed by atoms with Crippen molar-refractivity contribution in [1.29, 1.82) is 0 Å². The fourth-order valence-electron chi connectivity index (χ4n) is 2.33. The number of nitrogens with zero attached hydrogens (tertiary/aromatic N) is 2. The third kappa shape index (κ3) is 1.96. The van der Waals surface area contributed by atoms with Crippen LogP contribution in [0.3, 0.4) is 0 Å². The van der Waals surface area contributed by atoms with Crippen molar-refractivity contribution in [3.05, 3.63) is 10.6 Å². The molecule has 3 rings (SSSR count). The highest BCUT2D eigenvalue weighted by Gasteiger charge is 2.24. The quantitative estimate of drug-likeness (QED) is 0.834. The van der Waals surface area contributed by atoms with E-state index in [1.165, 1.54) is 33.6 Å². The molecule has 1 aromatic heterocycles. The van der Waals surface area contributed by atoms with Crippen molar-refractivity contribution in [3.8, 4) is 0 Å². The summed E-state index contributed by atoms with van der Waals surface area (Å²) in [6.07, 6.45) is 3.46.